The Balaban J connectivity index is 1.66. The van der Waals surface area contributed by atoms with E-state index >= 15 is 0 Å². The molecule has 7 nitrogen and oxygen atoms in total. The topological polar surface area (TPSA) is 87.1 Å². The molecule has 3 heterocycles. The Morgan fingerprint density at radius 1 is 1.12 bits per heavy atom. The van der Waals surface area contributed by atoms with E-state index in [2.05, 4.69) is 9.98 Å². The largest absolute Gasteiger partial charge is 0.465 e. The van der Waals surface area contributed by atoms with Crippen molar-refractivity contribution in [1.29, 1.82) is 0 Å². The van der Waals surface area contributed by atoms with Crippen molar-refractivity contribution in [2.45, 2.75) is 19.8 Å². The van der Waals surface area contributed by atoms with Crippen molar-refractivity contribution in [3.05, 3.63) is 77.6 Å². The highest BCUT2D eigenvalue weighted by Gasteiger charge is 2.46. The van der Waals surface area contributed by atoms with Gasteiger partial charge in [0, 0.05) is 17.0 Å². The Bertz CT molecular complexity index is 1310. The highest BCUT2D eigenvalue weighted by molar-refractivity contribution is 6.08. The first-order valence-corrected chi connectivity index (χ1v) is 10.8. The number of hydrogen-bond acceptors (Lipinski definition) is 7. The van der Waals surface area contributed by atoms with Crippen molar-refractivity contribution in [2.24, 2.45) is 10.9 Å². The summed E-state index contributed by atoms with van der Waals surface area (Å²) in [5, 5.41) is 0.784. The fourth-order valence-corrected chi connectivity index (χ4v) is 4.47. The van der Waals surface area contributed by atoms with Gasteiger partial charge in [-0.25, -0.2) is 4.79 Å². The van der Waals surface area contributed by atoms with Crippen molar-refractivity contribution in [2.75, 3.05) is 13.2 Å². The molecule has 0 saturated heterocycles. The molecule has 7 heteroatoms. The first-order valence-electron chi connectivity index (χ1n) is 10.8. The fraction of sp³-hybridized carbons (Fsp3) is 0.231. The summed E-state index contributed by atoms with van der Waals surface area (Å²) in [7, 11) is 0. The predicted octanol–water partition coefficient (Wildman–Crippen LogP) is 4.58. The molecule has 0 aliphatic carbocycles. The number of nitrogens with zero attached hydrogens (tertiary/aromatic N) is 2. The van der Waals surface area contributed by atoms with Crippen LogP contribution >= 0.6 is 0 Å². The van der Waals surface area contributed by atoms with Crippen LogP contribution in [0.1, 0.15) is 25.3 Å². The van der Waals surface area contributed by atoms with Crippen LogP contribution in [0.15, 0.2) is 77.1 Å². The second-order valence-electron chi connectivity index (χ2n) is 7.90. The number of carbonyl (C=O) groups excluding carboxylic acids is 2. The molecule has 166 valence electrons. The van der Waals surface area contributed by atoms with Crippen LogP contribution in [0.5, 0.6) is 11.5 Å². The van der Waals surface area contributed by atoms with Gasteiger partial charge in [-0.2, -0.15) is 0 Å². The van der Waals surface area contributed by atoms with Crippen LogP contribution < -0.4 is 4.74 Å². The Hall–Kier alpha value is -4.00. The zero-order chi connectivity index (χ0) is 22.9. The Labute approximate surface area is 190 Å². The minimum atomic E-state index is -0.737. The molecular formula is C26H22N2O5. The smallest absolute Gasteiger partial charge is 0.337 e. The number of cyclic esters (lactones) is 1. The molecule has 2 aliphatic rings. The molecule has 0 amide bonds. The van der Waals surface area contributed by atoms with Crippen LogP contribution in [0, 0.1) is 5.92 Å². The lowest BCUT2D eigenvalue weighted by atomic mass is 9.75. The standard InChI is InChI=1S/C26H22N2O5/c1-3-31-25(29)22-15(2)28-21-14-32-26(30)24(21)23(22)18-10-7-11-20-19(18)12-17(13-27-20)33-16-8-5-4-6-9-16/h4-13,22-23H,3,14H2,1-2H3. The number of para-hydroxylation sites is 1. The van der Waals surface area contributed by atoms with E-state index in [1.54, 1.807) is 20.0 Å². The number of aliphatic imine (C=N–C) groups is 1. The molecule has 2 aliphatic heterocycles. The number of esters is 2. The van der Waals surface area contributed by atoms with Crippen molar-refractivity contribution in [3.8, 4) is 11.5 Å². The molecule has 2 atom stereocenters. The Morgan fingerprint density at radius 3 is 2.73 bits per heavy atom. The third kappa shape index (κ3) is 3.75. The predicted molar refractivity (Wildman–Crippen MR) is 122 cm³/mol. The summed E-state index contributed by atoms with van der Waals surface area (Å²) in [6, 6.07) is 17.0. The van der Waals surface area contributed by atoms with Gasteiger partial charge in [0.2, 0.25) is 0 Å². The maximum atomic E-state index is 13.0. The van der Waals surface area contributed by atoms with Crippen LogP contribution in [0.3, 0.4) is 0 Å². The van der Waals surface area contributed by atoms with E-state index in [1.807, 2.05) is 54.6 Å². The van der Waals surface area contributed by atoms with Gasteiger partial charge in [0.25, 0.3) is 0 Å². The third-order valence-corrected chi connectivity index (χ3v) is 5.87. The molecule has 0 saturated carbocycles. The molecule has 5 rings (SSSR count). The van der Waals surface area contributed by atoms with Gasteiger partial charge in [0.1, 0.15) is 24.0 Å². The number of aromatic nitrogens is 1. The van der Waals surface area contributed by atoms with E-state index in [4.69, 9.17) is 14.2 Å². The summed E-state index contributed by atoms with van der Waals surface area (Å²) in [5.41, 5.74) is 3.06. The minimum Gasteiger partial charge on any atom is -0.465 e. The second kappa shape index (κ2) is 8.50. The van der Waals surface area contributed by atoms with Gasteiger partial charge in [-0.15, -0.1) is 0 Å². The SMILES string of the molecule is CCOC(=O)C1C(C)=NC2=C(C(=O)OC2)C1c1cccc2ncc(Oc3ccccc3)cc12. The van der Waals surface area contributed by atoms with E-state index in [0.717, 1.165) is 16.5 Å². The van der Waals surface area contributed by atoms with E-state index in [0.29, 0.717) is 28.5 Å². The van der Waals surface area contributed by atoms with Crippen LogP contribution in [-0.4, -0.2) is 35.8 Å². The van der Waals surface area contributed by atoms with E-state index in [1.165, 1.54) is 0 Å². The summed E-state index contributed by atoms with van der Waals surface area (Å²) >= 11 is 0. The van der Waals surface area contributed by atoms with Gasteiger partial charge in [0.15, 0.2) is 0 Å². The van der Waals surface area contributed by atoms with Crippen molar-refractivity contribution < 1.29 is 23.8 Å². The molecule has 0 fully saturated rings. The molecular weight excluding hydrogens is 420 g/mol. The lowest BCUT2D eigenvalue weighted by Crippen LogP contribution is -2.35. The maximum absolute atomic E-state index is 13.0. The molecule has 0 radical (unpaired) electrons. The van der Waals surface area contributed by atoms with Crippen LogP contribution in [0.25, 0.3) is 10.9 Å². The van der Waals surface area contributed by atoms with Crippen LogP contribution in [0.2, 0.25) is 0 Å². The summed E-state index contributed by atoms with van der Waals surface area (Å²) in [5.74, 6) is -0.967. The van der Waals surface area contributed by atoms with E-state index in [9.17, 15) is 9.59 Å². The van der Waals surface area contributed by atoms with Crippen LogP contribution in [0.4, 0.5) is 0 Å². The average Bonchev–Trinajstić information content (AvgIpc) is 3.18. The number of fused-ring (bicyclic) bond motifs is 1. The number of rotatable bonds is 5. The number of hydrogen-bond donors (Lipinski definition) is 0. The zero-order valence-corrected chi connectivity index (χ0v) is 18.3. The van der Waals surface area contributed by atoms with Crippen molar-refractivity contribution >= 4 is 28.6 Å². The molecule has 0 bridgehead atoms. The van der Waals surface area contributed by atoms with Gasteiger partial charge in [-0.3, -0.25) is 14.8 Å². The first-order chi connectivity index (χ1) is 16.1. The number of ether oxygens (including phenoxy) is 3. The maximum Gasteiger partial charge on any atom is 0.337 e. The van der Waals surface area contributed by atoms with Crippen molar-refractivity contribution in [1.82, 2.24) is 4.98 Å². The highest BCUT2D eigenvalue weighted by atomic mass is 16.5. The lowest BCUT2D eigenvalue weighted by Gasteiger charge is -2.30. The number of benzene rings is 2. The van der Waals surface area contributed by atoms with Crippen LogP contribution in [-0.2, 0) is 19.1 Å². The highest BCUT2D eigenvalue weighted by Crippen LogP contribution is 2.44. The molecule has 0 N–H and O–H groups in total. The molecule has 2 unspecified atom stereocenters. The van der Waals surface area contributed by atoms with Gasteiger partial charge in [-0.05, 0) is 43.7 Å². The monoisotopic (exact) mass is 442 g/mol. The molecule has 33 heavy (non-hydrogen) atoms. The molecule has 3 aromatic rings. The van der Waals surface area contributed by atoms with Gasteiger partial charge in [0.05, 0.1) is 29.6 Å². The average molecular weight is 442 g/mol. The normalized spacial score (nSPS) is 19.7. The number of pyridine rings is 1. The number of carbonyl (C=O) groups is 2. The van der Waals surface area contributed by atoms with E-state index < -0.39 is 23.8 Å². The third-order valence-electron chi connectivity index (χ3n) is 5.87. The summed E-state index contributed by atoms with van der Waals surface area (Å²) < 4.78 is 16.6. The summed E-state index contributed by atoms with van der Waals surface area (Å²) in [6.45, 7) is 3.88. The fourth-order valence-electron chi connectivity index (χ4n) is 4.47. The second-order valence-corrected chi connectivity index (χ2v) is 7.90. The van der Waals surface area contributed by atoms with Gasteiger partial charge >= 0.3 is 11.9 Å². The Kier molecular flexibility index (Phi) is 5.38. The quantitative estimate of drug-likeness (QED) is 0.538. The van der Waals surface area contributed by atoms with Gasteiger partial charge in [-0.1, -0.05) is 30.3 Å². The van der Waals surface area contributed by atoms with Gasteiger partial charge < -0.3 is 14.2 Å². The molecule has 2 aromatic carbocycles. The minimum absolute atomic E-state index is 0.100. The summed E-state index contributed by atoms with van der Waals surface area (Å²) in [4.78, 5) is 34.8. The Morgan fingerprint density at radius 2 is 1.94 bits per heavy atom. The first kappa shape index (κ1) is 20.9. The van der Waals surface area contributed by atoms with E-state index in [-0.39, 0.29) is 13.2 Å². The summed E-state index contributed by atoms with van der Waals surface area (Å²) in [6.07, 6.45) is 1.66. The zero-order valence-electron chi connectivity index (χ0n) is 18.3. The lowest BCUT2D eigenvalue weighted by molar-refractivity contribution is -0.146. The molecule has 0 spiro atoms. The molecule has 1 aromatic heterocycles. The van der Waals surface area contributed by atoms with Crippen molar-refractivity contribution in [3.63, 3.8) is 0 Å².